The van der Waals surface area contributed by atoms with E-state index in [0.29, 0.717) is 12.1 Å². The zero-order valence-corrected chi connectivity index (χ0v) is 13.6. The van der Waals surface area contributed by atoms with E-state index in [9.17, 15) is 4.79 Å². The van der Waals surface area contributed by atoms with E-state index in [1.165, 1.54) is 4.90 Å². The van der Waals surface area contributed by atoms with E-state index < -0.39 is 0 Å². The standard InChI is InChI=1S/C15H15ClN4OS/c1-3-8-19(14(21)6-9-22-2)13-11-20(18-15(13)16)12-5-4-7-17-10-12/h1,4-5,7,10-11H,6,8-9H2,2H3. The van der Waals surface area contributed by atoms with Crippen molar-refractivity contribution in [2.24, 2.45) is 0 Å². The molecule has 0 spiro atoms. The molecular weight excluding hydrogens is 320 g/mol. The molecule has 2 heterocycles. The van der Waals surface area contributed by atoms with Crippen molar-refractivity contribution in [2.45, 2.75) is 6.42 Å². The lowest BCUT2D eigenvalue weighted by molar-refractivity contribution is -0.118. The van der Waals surface area contributed by atoms with Crippen LogP contribution in [0.4, 0.5) is 5.69 Å². The summed E-state index contributed by atoms with van der Waals surface area (Å²) in [5, 5.41) is 4.45. The number of carbonyl (C=O) groups excluding carboxylic acids is 1. The first kappa shape index (κ1) is 16.4. The molecular formula is C15H15ClN4OS. The van der Waals surface area contributed by atoms with Crippen LogP contribution in [0.15, 0.2) is 30.7 Å². The number of hydrogen-bond acceptors (Lipinski definition) is 4. The number of hydrogen-bond donors (Lipinski definition) is 0. The van der Waals surface area contributed by atoms with Gasteiger partial charge in [-0.3, -0.25) is 14.7 Å². The minimum atomic E-state index is -0.0695. The average molecular weight is 335 g/mol. The molecule has 2 rings (SSSR count). The number of carbonyl (C=O) groups is 1. The number of aromatic nitrogens is 3. The van der Waals surface area contributed by atoms with Gasteiger partial charge in [0.1, 0.15) is 5.69 Å². The summed E-state index contributed by atoms with van der Waals surface area (Å²) < 4.78 is 1.58. The molecule has 114 valence electrons. The number of rotatable bonds is 6. The fourth-order valence-corrected chi connectivity index (χ4v) is 2.48. The summed E-state index contributed by atoms with van der Waals surface area (Å²) in [6, 6.07) is 3.65. The molecule has 2 aromatic rings. The van der Waals surface area contributed by atoms with Gasteiger partial charge in [0, 0.05) is 18.4 Å². The van der Waals surface area contributed by atoms with Gasteiger partial charge >= 0.3 is 0 Å². The fourth-order valence-electron chi connectivity index (χ4n) is 1.87. The second-order valence-corrected chi connectivity index (χ2v) is 5.73. The molecule has 0 bridgehead atoms. The Bertz CT molecular complexity index is 681. The van der Waals surface area contributed by atoms with Crippen molar-refractivity contribution in [1.82, 2.24) is 14.8 Å². The van der Waals surface area contributed by atoms with Gasteiger partial charge in [-0.1, -0.05) is 17.5 Å². The highest BCUT2D eigenvalue weighted by Gasteiger charge is 2.20. The zero-order valence-electron chi connectivity index (χ0n) is 12.1. The third-order valence-corrected chi connectivity index (χ3v) is 3.80. The van der Waals surface area contributed by atoms with Gasteiger partial charge in [0.2, 0.25) is 5.91 Å². The molecule has 0 aliphatic rings. The molecule has 0 saturated carbocycles. The molecule has 0 radical (unpaired) electrons. The topological polar surface area (TPSA) is 51.0 Å². The first-order valence-electron chi connectivity index (χ1n) is 6.55. The van der Waals surface area contributed by atoms with E-state index in [0.717, 1.165) is 11.4 Å². The monoisotopic (exact) mass is 334 g/mol. The number of thioether (sulfide) groups is 1. The summed E-state index contributed by atoms with van der Waals surface area (Å²) in [7, 11) is 0. The molecule has 0 aromatic carbocycles. The largest absolute Gasteiger partial charge is 0.296 e. The summed E-state index contributed by atoms with van der Waals surface area (Å²) in [4.78, 5) is 17.8. The van der Waals surface area contributed by atoms with E-state index in [4.69, 9.17) is 18.0 Å². The van der Waals surface area contributed by atoms with Crippen molar-refractivity contribution in [3.63, 3.8) is 0 Å². The Kier molecular flexibility index (Phi) is 5.87. The van der Waals surface area contributed by atoms with Crippen LogP contribution in [0.1, 0.15) is 6.42 Å². The first-order chi connectivity index (χ1) is 10.7. The van der Waals surface area contributed by atoms with Gasteiger partial charge in [-0.05, 0) is 18.4 Å². The quantitative estimate of drug-likeness (QED) is 0.762. The van der Waals surface area contributed by atoms with Gasteiger partial charge in [0.15, 0.2) is 5.15 Å². The lowest BCUT2D eigenvalue weighted by atomic mass is 10.3. The lowest BCUT2D eigenvalue weighted by Crippen LogP contribution is -2.31. The maximum Gasteiger partial charge on any atom is 0.228 e. The fraction of sp³-hybridized carbons (Fsp3) is 0.267. The van der Waals surface area contributed by atoms with Crippen LogP contribution < -0.4 is 4.90 Å². The molecule has 0 aliphatic heterocycles. The number of pyridine rings is 1. The van der Waals surface area contributed by atoms with E-state index in [-0.39, 0.29) is 17.6 Å². The number of halogens is 1. The molecule has 5 nitrogen and oxygen atoms in total. The van der Waals surface area contributed by atoms with Crippen LogP contribution in [0.2, 0.25) is 5.15 Å². The van der Waals surface area contributed by atoms with Gasteiger partial charge in [-0.25, -0.2) is 4.68 Å². The molecule has 0 atom stereocenters. The molecule has 7 heteroatoms. The van der Waals surface area contributed by atoms with Crippen molar-refractivity contribution in [1.29, 1.82) is 0 Å². The van der Waals surface area contributed by atoms with Crippen LogP contribution in [0.5, 0.6) is 0 Å². The maximum absolute atomic E-state index is 12.3. The number of amides is 1. The molecule has 0 N–H and O–H groups in total. The SMILES string of the molecule is C#CCN(C(=O)CCSC)c1cn(-c2cccnc2)nc1Cl. The van der Waals surface area contributed by atoms with E-state index in [2.05, 4.69) is 16.0 Å². The molecule has 0 fully saturated rings. The highest BCUT2D eigenvalue weighted by Crippen LogP contribution is 2.26. The molecule has 0 saturated heterocycles. The normalized spacial score (nSPS) is 10.2. The maximum atomic E-state index is 12.3. The first-order valence-corrected chi connectivity index (χ1v) is 8.33. The van der Waals surface area contributed by atoms with Gasteiger partial charge < -0.3 is 0 Å². The molecule has 0 aliphatic carbocycles. The minimum Gasteiger partial charge on any atom is -0.296 e. The van der Waals surface area contributed by atoms with Crippen molar-refractivity contribution in [2.75, 3.05) is 23.5 Å². The number of terminal acetylenes is 1. The van der Waals surface area contributed by atoms with Gasteiger partial charge in [-0.15, -0.1) is 6.42 Å². The van der Waals surface area contributed by atoms with Crippen LogP contribution in [0.25, 0.3) is 5.69 Å². The van der Waals surface area contributed by atoms with E-state index in [1.54, 1.807) is 41.1 Å². The Morgan fingerprint density at radius 3 is 3.05 bits per heavy atom. The molecule has 0 unspecified atom stereocenters. The van der Waals surface area contributed by atoms with Crippen LogP contribution in [-0.4, -0.2) is 39.2 Å². The Hall–Kier alpha value is -1.97. The summed E-state index contributed by atoms with van der Waals surface area (Å²) in [5.74, 6) is 3.15. The third kappa shape index (κ3) is 3.81. The smallest absolute Gasteiger partial charge is 0.228 e. The summed E-state index contributed by atoms with van der Waals surface area (Å²) in [6.07, 6.45) is 12.7. The Labute approximate surface area is 138 Å². The Morgan fingerprint density at radius 1 is 1.59 bits per heavy atom. The van der Waals surface area contributed by atoms with Crippen molar-refractivity contribution >= 4 is 35.0 Å². The third-order valence-electron chi connectivity index (χ3n) is 2.92. The summed E-state index contributed by atoms with van der Waals surface area (Å²) in [6.45, 7) is 0.158. The van der Waals surface area contributed by atoms with Crippen LogP contribution in [0.3, 0.4) is 0 Å². The molecule has 22 heavy (non-hydrogen) atoms. The summed E-state index contributed by atoms with van der Waals surface area (Å²) in [5.41, 5.74) is 1.27. The van der Waals surface area contributed by atoms with Gasteiger partial charge in [0.05, 0.1) is 24.6 Å². The number of anilines is 1. The van der Waals surface area contributed by atoms with Crippen molar-refractivity contribution in [3.8, 4) is 18.0 Å². The average Bonchev–Trinajstić information content (AvgIpc) is 2.93. The predicted octanol–water partition coefficient (Wildman–Crippen LogP) is 2.64. The van der Waals surface area contributed by atoms with E-state index in [1.807, 2.05) is 12.3 Å². The van der Waals surface area contributed by atoms with Crippen LogP contribution >= 0.6 is 23.4 Å². The summed E-state index contributed by atoms with van der Waals surface area (Å²) >= 11 is 7.79. The number of nitrogens with zero attached hydrogens (tertiary/aromatic N) is 4. The van der Waals surface area contributed by atoms with Crippen molar-refractivity contribution < 1.29 is 4.79 Å². The van der Waals surface area contributed by atoms with E-state index >= 15 is 0 Å². The van der Waals surface area contributed by atoms with Gasteiger partial charge in [-0.2, -0.15) is 16.9 Å². The minimum absolute atomic E-state index is 0.0695. The zero-order chi connectivity index (χ0) is 15.9. The van der Waals surface area contributed by atoms with Crippen LogP contribution in [0, 0.1) is 12.3 Å². The second kappa shape index (κ2) is 7.87. The second-order valence-electron chi connectivity index (χ2n) is 4.39. The molecule has 1 amide bonds. The molecule has 2 aromatic heterocycles. The van der Waals surface area contributed by atoms with Crippen LogP contribution in [-0.2, 0) is 4.79 Å². The Morgan fingerprint density at radius 2 is 2.41 bits per heavy atom. The van der Waals surface area contributed by atoms with Gasteiger partial charge in [0.25, 0.3) is 0 Å². The predicted molar refractivity (Wildman–Crippen MR) is 90.6 cm³/mol. The lowest BCUT2D eigenvalue weighted by Gasteiger charge is -2.18. The highest BCUT2D eigenvalue weighted by molar-refractivity contribution is 7.98. The highest BCUT2D eigenvalue weighted by atomic mass is 35.5. The van der Waals surface area contributed by atoms with Crippen molar-refractivity contribution in [3.05, 3.63) is 35.9 Å². The Balaban J connectivity index is 2.31.